The Kier molecular flexibility index (Phi) is 5.30. The summed E-state index contributed by atoms with van der Waals surface area (Å²) in [6.07, 6.45) is 1.37. The number of aliphatic hydroxyl groups is 1. The second kappa shape index (κ2) is 6.77. The maximum Gasteiger partial charge on any atom is 0.233 e. The Hall–Kier alpha value is -0.520. The van der Waals surface area contributed by atoms with Crippen LogP contribution >= 0.6 is 27.7 Å². The van der Waals surface area contributed by atoms with Crippen LogP contribution in [-0.2, 0) is 4.79 Å². The smallest absolute Gasteiger partial charge is 0.233 e. The first-order valence-electron chi connectivity index (χ1n) is 6.43. The summed E-state index contributed by atoms with van der Waals surface area (Å²) < 4.78 is 0.975. The van der Waals surface area contributed by atoms with Crippen LogP contribution in [0.15, 0.2) is 28.7 Å². The third-order valence-electron chi connectivity index (χ3n) is 3.28. The van der Waals surface area contributed by atoms with Crippen LogP contribution in [0.4, 0.5) is 0 Å². The fourth-order valence-corrected chi connectivity index (χ4v) is 3.56. The summed E-state index contributed by atoms with van der Waals surface area (Å²) in [5.74, 6) is 1.10. The van der Waals surface area contributed by atoms with Gasteiger partial charge in [0.05, 0.1) is 17.4 Å². The van der Waals surface area contributed by atoms with E-state index in [-0.39, 0.29) is 17.2 Å². The van der Waals surface area contributed by atoms with Crippen molar-refractivity contribution in [3.8, 4) is 0 Å². The number of hydrogen-bond acceptors (Lipinski definition) is 3. The van der Waals surface area contributed by atoms with Gasteiger partial charge in [0.25, 0.3) is 0 Å². The van der Waals surface area contributed by atoms with Gasteiger partial charge in [-0.2, -0.15) is 0 Å². The summed E-state index contributed by atoms with van der Waals surface area (Å²) in [7, 11) is 0. The number of rotatable bonds is 4. The molecule has 1 aromatic carbocycles. The van der Waals surface area contributed by atoms with Gasteiger partial charge in [0, 0.05) is 4.47 Å². The fourth-order valence-electron chi connectivity index (χ4n) is 2.13. The number of nitrogens with one attached hydrogen (secondary N) is 1. The summed E-state index contributed by atoms with van der Waals surface area (Å²) in [4.78, 5) is 12.0. The van der Waals surface area contributed by atoms with Gasteiger partial charge in [0.15, 0.2) is 0 Å². The molecule has 0 aromatic heterocycles. The van der Waals surface area contributed by atoms with Crippen molar-refractivity contribution < 1.29 is 9.90 Å². The lowest BCUT2D eigenvalue weighted by molar-refractivity contribution is -0.122. The van der Waals surface area contributed by atoms with Crippen LogP contribution in [0.2, 0.25) is 0 Å². The molecule has 1 heterocycles. The van der Waals surface area contributed by atoms with Crippen molar-refractivity contribution in [3.63, 3.8) is 0 Å². The summed E-state index contributed by atoms with van der Waals surface area (Å²) in [5, 5.41) is 13.2. The molecule has 3 unspecified atom stereocenters. The van der Waals surface area contributed by atoms with Crippen LogP contribution in [0, 0.1) is 0 Å². The Bertz CT molecular complexity index is 432. The molecule has 0 bridgehead atoms. The van der Waals surface area contributed by atoms with Crippen molar-refractivity contribution >= 4 is 33.6 Å². The number of aliphatic hydroxyl groups excluding tert-OH is 1. The minimum atomic E-state index is -0.677. The minimum absolute atomic E-state index is 0.0474. The Morgan fingerprint density at radius 3 is 2.74 bits per heavy atom. The highest BCUT2D eigenvalue weighted by molar-refractivity contribution is 9.10. The lowest BCUT2D eigenvalue weighted by atomic mass is 10.0. The van der Waals surface area contributed by atoms with Crippen molar-refractivity contribution in [1.82, 2.24) is 5.32 Å². The van der Waals surface area contributed by atoms with Crippen LogP contribution < -0.4 is 5.32 Å². The monoisotopic (exact) mass is 343 g/mol. The molecule has 0 radical (unpaired) electrons. The Morgan fingerprint density at radius 1 is 1.47 bits per heavy atom. The molecule has 19 heavy (non-hydrogen) atoms. The molecule has 3 nitrogen and oxygen atoms in total. The van der Waals surface area contributed by atoms with E-state index < -0.39 is 6.10 Å². The number of carbonyl (C=O) groups excluding carboxylic acids is 1. The number of thioether (sulfide) groups is 1. The lowest BCUT2D eigenvalue weighted by Crippen LogP contribution is -2.41. The zero-order valence-corrected chi connectivity index (χ0v) is 13.2. The molecule has 1 aliphatic rings. The highest BCUT2D eigenvalue weighted by Crippen LogP contribution is 2.27. The van der Waals surface area contributed by atoms with Gasteiger partial charge in [-0.25, -0.2) is 0 Å². The van der Waals surface area contributed by atoms with E-state index in [0.29, 0.717) is 0 Å². The molecule has 0 aliphatic carbocycles. The molecule has 3 atom stereocenters. The first-order valence-corrected chi connectivity index (χ1v) is 8.27. The van der Waals surface area contributed by atoms with E-state index in [1.807, 2.05) is 31.2 Å². The predicted molar refractivity (Wildman–Crippen MR) is 82.2 cm³/mol. The topological polar surface area (TPSA) is 49.3 Å². The first kappa shape index (κ1) is 14.9. The number of hydrogen-bond donors (Lipinski definition) is 2. The summed E-state index contributed by atoms with van der Waals surface area (Å²) in [5.41, 5.74) is 0.815. The van der Waals surface area contributed by atoms with Crippen molar-refractivity contribution in [2.75, 3.05) is 5.75 Å². The number of amides is 1. The van der Waals surface area contributed by atoms with Crippen molar-refractivity contribution in [2.24, 2.45) is 0 Å². The predicted octanol–water partition coefficient (Wildman–Crippen LogP) is 2.88. The summed E-state index contributed by atoms with van der Waals surface area (Å²) in [6.45, 7) is 1.84. The van der Waals surface area contributed by atoms with Crippen molar-refractivity contribution in [2.45, 2.75) is 37.2 Å². The molecule has 1 saturated heterocycles. The summed E-state index contributed by atoms with van der Waals surface area (Å²) >= 11 is 5.06. The Labute approximate surface area is 126 Å². The van der Waals surface area contributed by atoms with E-state index >= 15 is 0 Å². The molecule has 1 aliphatic heterocycles. The Morgan fingerprint density at radius 2 is 2.16 bits per heavy atom. The normalized spacial score (nSPS) is 21.9. The van der Waals surface area contributed by atoms with Crippen LogP contribution in [0.5, 0.6) is 0 Å². The Balaban J connectivity index is 1.93. The quantitative estimate of drug-likeness (QED) is 0.883. The summed E-state index contributed by atoms with van der Waals surface area (Å²) in [6, 6.07) is 7.22. The van der Waals surface area contributed by atoms with E-state index in [1.54, 1.807) is 11.8 Å². The van der Waals surface area contributed by atoms with E-state index in [2.05, 4.69) is 21.2 Å². The van der Waals surface area contributed by atoms with E-state index in [4.69, 9.17) is 0 Å². The lowest BCUT2D eigenvalue weighted by Gasteiger charge is -2.22. The maximum atomic E-state index is 12.0. The van der Waals surface area contributed by atoms with Gasteiger partial charge in [0.2, 0.25) is 5.91 Å². The van der Waals surface area contributed by atoms with Crippen molar-refractivity contribution in [1.29, 1.82) is 0 Å². The van der Waals surface area contributed by atoms with Gasteiger partial charge in [0.1, 0.15) is 0 Å². The average molecular weight is 344 g/mol. The van der Waals surface area contributed by atoms with Gasteiger partial charge < -0.3 is 10.4 Å². The molecule has 5 heteroatoms. The molecule has 1 amide bonds. The molecular formula is C14H18BrNO2S. The third-order valence-corrected chi connectivity index (χ3v) is 5.18. The largest absolute Gasteiger partial charge is 0.386 e. The molecule has 1 fully saturated rings. The van der Waals surface area contributed by atoms with Gasteiger partial charge in [-0.3, -0.25) is 4.79 Å². The SMILES string of the molecule is CC(NC(=O)C1CCCS1)C(O)c1ccc(Br)cc1. The first-order chi connectivity index (χ1) is 9.08. The number of halogens is 1. The van der Waals surface area contributed by atoms with Gasteiger partial charge >= 0.3 is 0 Å². The maximum absolute atomic E-state index is 12.0. The van der Waals surface area contributed by atoms with Gasteiger partial charge in [-0.05, 0) is 43.2 Å². The fraction of sp³-hybridized carbons (Fsp3) is 0.500. The van der Waals surface area contributed by atoms with Crippen LogP contribution in [-0.4, -0.2) is 28.1 Å². The van der Waals surface area contributed by atoms with E-state index in [9.17, 15) is 9.90 Å². The molecule has 104 valence electrons. The highest BCUT2D eigenvalue weighted by Gasteiger charge is 2.26. The molecule has 2 rings (SSSR count). The number of carbonyl (C=O) groups is 1. The van der Waals surface area contributed by atoms with Gasteiger partial charge in [-0.15, -0.1) is 11.8 Å². The zero-order chi connectivity index (χ0) is 13.8. The van der Waals surface area contributed by atoms with E-state index in [1.165, 1.54) is 0 Å². The highest BCUT2D eigenvalue weighted by atomic mass is 79.9. The number of benzene rings is 1. The zero-order valence-electron chi connectivity index (χ0n) is 10.8. The third kappa shape index (κ3) is 3.97. The van der Waals surface area contributed by atoms with Crippen LogP contribution in [0.3, 0.4) is 0 Å². The van der Waals surface area contributed by atoms with Crippen LogP contribution in [0.25, 0.3) is 0 Å². The molecule has 2 N–H and O–H groups in total. The van der Waals surface area contributed by atoms with Crippen LogP contribution in [0.1, 0.15) is 31.4 Å². The van der Waals surface area contributed by atoms with E-state index in [0.717, 1.165) is 28.6 Å². The second-order valence-corrected chi connectivity index (χ2v) is 7.02. The minimum Gasteiger partial charge on any atom is -0.386 e. The second-order valence-electron chi connectivity index (χ2n) is 4.80. The van der Waals surface area contributed by atoms with Crippen molar-refractivity contribution in [3.05, 3.63) is 34.3 Å². The van der Waals surface area contributed by atoms with Gasteiger partial charge in [-0.1, -0.05) is 28.1 Å². The standard InChI is InChI=1S/C14H18BrNO2S/c1-9(16-14(18)12-3-2-8-19-12)13(17)10-4-6-11(15)7-5-10/h4-7,9,12-13,17H,2-3,8H2,1H3,(H,16,18). The molecular weight excluding hydrogens is 326 g/mol. The molecule has 0 saturated carbocycles. The molecule has 0 spiro atoms. The molecule has 1 aromatic rings. The average Bonchev–Trinajstić information content (AvgIpc) is 2.92.